The molecule has 4 aromatic rings. The predicted molar refractivity (Wildman–Crippen MR) is 120 cm³/mol. The van der Waals surface area contributed by atoms with Crippen LogP contribution in [0.25, 0.3) is 11.7 Å². The number of aromatic nitrogens is 4. The summed E-state index contributed by atoms with van der Waals surface area (Å²) in [7, 11) is 0. The molecule has 4 heterocycles. The highest BCUT2D eigenvalue weighted by molar-refractivity contribution is 5.58. The van der Waals surface area contributed by atoms with Crippen molar-refractivity contribution in [3.63, 3.8) is 0 Å². The van der Waals surface area contributed by atoms with Gasteiger partial charge in [0.2, 0.25) is 5.88 Å². The third-order valence-electron chi connectivity index (χ3n) is 6.38. The smallest absolute Gasteiger partial charge is 0.433 e. The van der Waals surface area contributed by atoms with E-state index in [1.54, 1.807) is 12.3 Å². The molecule has 2 aliphatic rings. The van der Waals surface area contributed by atoms with E-state index in [-0.39, 0.29) is 29.5 Å². The van der Waals surface area contributed by atoms with Crippen molar-refractivity contribution in [1.29, 1.82) is 0 Å². The van der Waals surface area contributed by atoms with Crippen LogP contribution in [-0.4, -0.2) is 18.9 Å². The summed E-state index contributed by atoms with van der Waals surface area (Å²) in [5, 5.41) is 0. The van der Waals surface area contributed by atoms with Gasteiger partial charge in [-0.15, -0.1) is 0 Å². The van der Waals surface area contributed by atoms with Gasteiger partial charge in [-0.1, -0.05) is 12.1 Å². The second-order valence-corrected chi connectivity index (χ2v) is 8.86. The van der Waals surface area contributed by atoms with Gasteiger partial charge in [-0.05, 0) is 49.1 Å². The zero-order valence-electron chi connectivity index (χ0n) is 18.6. The molecule has 36 heavy (non-hydrogen) atoms. The lowest BCUT2D eigenvalue weighted by atomic mass is 10.1. The normalized spacial score (nSPS) is 15.8. The summed E-state index contributed by atoms with van der Waals surface area (Å²) in [5.74, 6) is -1.12. The van der Waals surface area contributed by atoms with Gasteiger partial charge >= 0.3 is 11.9 Å². The average molecular weight is 498 g/mol. The number of allylic oxidation sites excluding steroid dienone is 1. The minimum absolute atomic E-state index is 0.00145. The summed E-state index contributed by atoms with van der Waals surface area (Å²) in [6.45, 7) is -0.0775. The van der Waals surface area contributed by atoms with Gasteiger partial charge in [0.15, 0.2) is 11.6 Å². The van der Waals surface area contributed by atoms with Crippen molar-refractivity contribution in [3.8, 4) is 17.4 Å². The van der Waals surface area contributed by atoms with E-state index in [2.05, 4.69) is 20.6 Å². The molecule has 6 rings (SSSR count). The van der Waals surface area contributed by atoms with Crippen LogP contribution in [0.2, 0.25) is 0 Å². The molecule has 0 atom stereocenters. The number of imidazole rings is 1. The molecule has 184 valence electrons. The van der Waals surface area contributed by atoms with Crippen molar-refractivity contribution < 1.29 is 27.0 Å². The minimum Gasteiger partial charge on any atom is -0.473 e. The highest BCUT2D eigenvalue weighted by Gasteiger charge is 2.46. The lowest BCUT2D eigenvalue weighted by Crippen LogP contribution is -2.22. The maximum absolute atomic E-state index is 14.6. The summed E-state index contributed by atoms with van der Waals surface area (Å²) >= 11 is 0. The fraction of sp³-hybridized carbons (Fsp3) is 0.240. The molecular formula is C25H18F4N4O3. The van der Waals surface area contributed by atoms with E-state index < -0.39 is 23.4 Å². The third kappa shape index (κ3) is 3.90. The van der Waals surface area contributed by atoms with Crippen LogP contribution in [0.3, 0.4) is 0 Å². The molecule has 1 spiro atoms. The molecular weight excluding hydrogens is 480 g/mol. The van der Waals surface area contributed by atoms with Crippen LogP contribution >= 0.6 is 0 Å². The fourth-order valence-corrected chi connectivity index (χ4v) is 4.48. The Kier molecular flexibility index (Phi) is 4.92. The lowest BCUT2D eigenvalue weighted by molar-refractivity contribution is -0.141. The van der Waals surface area contributed by atoms with Gasteiger partial charge in [-0.25, -0.2) is 9.18 Å². The van der Waals surface area contributed by atoms with E-state index in [1.165, 1.54) is 22.6 Å². The van der Waals surface area contributed by atoms with E-state index in [1.807, 2.05) is 6.08 Å². The fourth-order valence-electron chi connectivity index (χ4n) is 4.48. The number of nitrogens with zero attached hydrogens (tertiary/aromatic N) is 4. The Morgan fingerprint density at radius 1 is 1.11 bits per heavy atom. The average Bonchev–Trinajstić information content (AvgIpc) is 3.48. The Morgan fingerprint density at radius 3 is 2.69 bits per heavy atom. The van der Waals surface area contributed by atoms with Gasteiger partial charge in [-0.2, -0.15) is 18.2 Å². The van der Waals surface area contributed by atoms with Crippen molar-refractivity contribution in [2.45, 2.75) is 37.6 Å². The SMILES string of the molecule is O=c1nc(OCc2ccc(Oc3ccnc(C(F)(F)F)c3)c(F)c2)cc2n3c(cn12)C=CCC31CC1. The minimum atomic E-state index is -4.64. The van der Waals surface area contributed by atoms with Gasteiger partial charge in [0, 0.05) is 24.5 Å². The summed E-state index contributed by atoms with van der Waals surface area (Å²) in [5.41, 5.74) is 0.430. The number of fused-ring (bicyclic) bond motifs is 4. The standard InChI is InChI=1S/C25H18F4N4O3/c26-18-10-15(3-4-19(18)36-17-5-9-30-20(11-17)25(27,28)29)14-35-21-12-22-32(23(34)31-21)13-16-2-1-6-24(7-8-24)33(16)22/h1-5,9-13H,6-8,14H2. The van der Waals surface area contributed by atoms with E-state index >= 15 is 0 Å². The zero-order chi connectivity index (χ0) is 25.1. The highest BCUT2D eigenvalue weighted by atomic mass is 19.4. The van der Waals surface area contributed by atoms with Gasteiger partial charge in [0.1, 0.15) is 23.7 Å². The van der Waals surface area contributed by atoms with Crippen LogP contribution in [0.5, 0.6) is 17.4 Å². The van der Waals surface area contributed by atoms with Crippen LogP contribution in [0, 0.1) is 5.82 Å². The predicted octanol–water partition coefficient (Wildman–Crippen LogP) is 5.33. The number of benzene rings is 1. The van der Waals surface area contributed by atoms with Crippen LogP contribution in [0.1, 0.15) is 36.2 Å². The second kappa shape index (κ2) is 7.94. The van der Waals surface area contributed by atoms with Crippen LogP contribution in [-0.2, 0) is 18.3 Å². The van der Waals surface area contributed by atoms with Crippen molar-refractivity contribution in [3.05, 3.63) is 88.1 Å². The lowest BCUT2D eigenvalue weighted by Gasteiger charge is -2.22. The van der Waals surface area contributed by atoms with Crippen molar-refractivity contribution >= 4 is 11.7 Å². The summed E-state index contributed by atoms with van der Waals surface area (Å²) in [6.07, 6.45) is 5.13. The quantitative estimate of drug-likeness (QED) is 0.348. The van der Waals surface area contributed by atoms with Gasteiger partial charge in [-0.3, -0.25) is 9.38 Å². The third-order valence-corrected chi connectivity index (χ3v) is 6.38. The first-order valence-corrected chi connectivity index (χ1v) is 11.2. The Hall–Kier alpha value is -4.15. The molecule has 7 nitrogen and oxygen atoms in total. The molecule has 1 fully saturated rings. The molecule has 1 aliphatic carbocycles. The Morgan fingerprint density at radius 2 is 1.94 bits per heavy atom. The van der Waals surface area contributed by atoms with E-state index in [9.17, 15) is 22.4 Å². The maximum Gasteiger partial charge on any atom is 0.433 e. The molecule has 11 heteroatoms. The van der Waals surface area contributed by atoms with Crippen molar-refractivity contribution in [1.82, 2.24) is 18.9 Å². The maximum atomic E-state index is 14.6. The van der Waals surface area contributed by atoms with E-state index in [4.69, 9.17) is 9.47 Å². The molecule has 0 N–H and O–H groups in total. The van der Waals surface area contributed by atoms with Crippen LogP contribution < -0.4 is 15.2 Å². The number of pyridine rings is 1. The highest BCUT2D eigenvalue weighted by Crippen LogP contribution is 2.50. The molecule has 0 radical (unpaired) electrons. The Bertz CT molecular complexity index is 1580. The number of ether oxygens (including phenoxy) is 2. The Balaban J connectivity index is 1.21. The molecule has 0 unspecified atom stereocenters. The molecule has 1 aromatic carbocycles. The first-order valence-electron chi connectivity index (χ1n) is 11.2. The first kappa shape index (κ1) is 22.3. The monoisotopic (exact) mass is 498 g/mol. The van der Waals surface area contributed by atoms with Crippen LogP contribution in [0.15, 0.2) is 59.7 Å². The number of rotatable bonds is 5. The van der Waals surface area contributed by atoms with Gasteiger partial charge in [0.25, 0.3) is 0 Å². The van der Waals surface area contributed by atoms with Gasteiger partial charge < -0.3 is 14.0 Å². The summed E-state index contributed by atoms with van der Waals surface area (Å²) < 4.78 is 67.8. The van der Waals surface area contributed by atoms with Crippen molar-refractivity contribution in [2.75, 3.05) is 0 Å². The second-order valence-electron chi connectivity index (χ2n) is 8.86. The zero-order valence-corrected chi connectivity index (χ0v) is 18.6. The number of halogens is 4. The summed E-state index contributed by atoms with van der Waals surface area (Å²) in [6, 6.07) is 7.54. The largest absolute Gasteiger partial charge is 0.473 e. The number of hydrogen-bond acceptors (Lipinski definition) is 5. The van der Waals surface area contributed by atoms with E-state index in [0.717, 1.165) is 37.2 Å². The molecule has 1 saturated carbocycles. The molecule has 0 saturated heterocycles. The first-order chi connectivity index (χ1) is 17.2. The van der Waals surface area contributed by atoms with Crippen LogP contribution in [0.4, 0.5) is 17.6 Å². The number of hydrogen-bond donors (Lipinski definition) is 0. The molecule has 0 amide bonds. The molecule has 1 aliphatic heterocycles. The molecule has 3 aromatic heterocycles. The number of alkyl halides is 3. The summed E-state index contributed by atoms with van der Waals surface area (Å²) in [4.78, 5) is 19.8. The van der Waals surface area contributed by atoms with Gasteiger partial charge in [0.05, 0.1) is 11.2 Å². The Labute approximate surface area is 201 Å². The topological polar surface area (TPSA) is 70.7 Å². The molecule has 0 bridgehead atoms. The van der Waals surface area contributed by atoms with Crippen molar-refractivity contribution in [2.24, 2.45) is 0 Å². The van der Waals surface area contributed by atoms with E-state index in [0.29, 0.717) is 17.3 Å².